The zero-order valence-corrected chi connectivity index (χ0v) is 14.3. The maximum atomic E-state index is 13.0. The van der Waals surface area contributed by atoms with E-state index < -0.39 is 17.6 Å². The number of benzene rings is 2. The molecule has 5 nitrogen and oxygen atoms in total. The van der Waals surface area contributed by atoms with E-state index in [9.17, 15) is 18.0 Å². The van der Waals surface area contributed by atoms with Crippen molar-refractivity contribution in [3.05, 3.63) is 71.4 Å². The Balaban J connectivity index is 1.72. The number of hydrogen-bond donors (Lipinski definition) is 2. The molecule has 1 heterocycles. The van der Waals surface area contributed by atoms with Gasteiger partial charge in [-0.25, -0.2) is 0 Å². The molecule has 0 aliphatic carbocycles. The molecule has 0 saturated carbocycles. The van der Waals surface area contributed by atoms with E-state index in [1.165, 1.54) is 24.3 Å². The van der Waals surface area contributed by atoms with Gasteiger partial charge in [0, 0.05) is 12.1 Å². The second-order valence-corrected chi connectivity index (χ2v) is 5.74. The van der Waals surface area contributed by atoms with Gasteiger partial charge in [-0.15, -0.1) is 0 Å². The average Bonchev–Trinajstić information content (AvgIpc) is 3.16. The van der Waals surface area contributed by atoms with Crippen LogP contribution in [0.2, 0.25) is 0 Å². The lowest BCUT2D eigenvalue weighted by atomic mass is 10.1. The molecule has 0 radical (unpaired) electrons. The fourth-order valence-corrected chi connectivity index (χ4v) is 2.59. The van der Waals surface area contributed by atoms with Crippen LogP contribution in [0.3, 0.4) is 0 Å². The van der Waals surface area contributed by atoms with E-state index >= 15 is 0 Å². The van der Waals surface area contributed by atoms with Crippen LogP contribution < -0.4 is 10.1 Å². The van der Waals surface area contributed by atoms with Crippen molar-refractivity contribution in [2.45, 2.75) is 12.7 Å². The van der Waals surface area contributed by atoms with Crippen LogP contribution in [-0.2, 0) is 12.7 Å². The lowest BCUT2D eigenvalue weighted by molar-refractivity contribution is -0.138. The monoisotopic (exact) mass is 375 g/mol. The second kappa shape index (κ2) is 7.53. The highest BCUT2D eigenvalue weighted by molar-refractivity contribution is 5.93. The first kappa shape index (κ1) is 18.5. The van der Waals surface area contributed by atoms with Crippen molar-refractivity contribution in [3.8, 4) is 17.0 Å². The predicted molar refractivity (Wildman–Crippen MR) is 93.2 cm³/mol. The Hall–Kier alpha value is -3.29. The molecule has 0 aliphatic heterocycles. The van der Waals surface area contributed by atoms with E-state index in [1.54, 1.807) is 31.4 Å². The number of ether oxygens (including phenoxy) is 1. The molecule has 3 rings (SSSR count). The minimum atomic E-state index is -4.48. The number of halogens is 3. The molecule has 1 aromatic heterocycles. The summed E-state index contributed by atoms with van der Waals surface area (Å²) in [5.74, 6) is 0.0962. The summed E-state index contributed by atoms with van der Waals surface area (Å²) >= 11 is 0. The van der Waals surface area contributed by atoms with Crippen LogP contribution in [0.1, 0.15) is 21.6 Å². The van der Waals surface area contributed by atoms with E-state index in [1.807, 2.05) is 0 Å². The van der Waals surface area contributed by atoms with Crippen molar-refractivity contribution in [1.29, 1.82) is 0 Å². The molecule has 0 atom stereocenters. The first-order chi connectivity index (χ1) is 12.9. The summed E-state index contributed by atoms with van der Waals surface area (Å²) in [5.41, 5.74) is 0.636. The zero-order valence-electron chi connectivity index (χ0n) is 14.3. The van der Waals surface area contributed by atoms with Gasteiger partial charge in [-0.3, -0.25) is 9.89 Å². The SMILES string of the molecule is COc1cccc(-c2cc(C(=O)NCc3ccccc3C(F)(F)F)[nH]n2)c1. The molecule has 8 heteroatoms. The summed E-state index contributed by atoms with van der Waals surface area (Å²) in [4.78, 5) is 12.3. The van der Waals surface area contributed by atoms with Crippen LogP contribution >= 0.6 is 0 Å². The summed E-state index contributed by atoms with van der Waals surface area (Å²) in [5, 5.41) is 9.15. The number of alkyl halides is 3. The molecular weight excluding hydrogens is 359 g/mol. The van der Waals surface area contributed by atoms with Gasteiger partial charge in [0.1, 0.15) is 11.4 Å². The number of nitrogens with zero attached hydrogens (tertiary/aromatic N) is 1. The Labute approximate surface area is 153 Å². The van der Waals surface area contributed by atoms with Gasteiger partial charge >= 0.3 is 6.18 Å². The minimum Gasteiger partial charge on any atom is -0.497 e. The lowest BCUT2D eigenvalue weighted by Gasteiger charge is -2.12. The van der Waals surface area contributed by atoms with E-state index in [0.717, 1.165) is 11.6 Å². The van der Waals surface area contributed by atoms with Crippen LogP contribution in [-0.4, -0.2) is 23.2 Å². The number of aromatic nitrogens is 2. The Morgan fingerprint density at radius 2 is 1.93 bits per heavy atom. The number of hydrogen-bond acceptors (Lipinski definition) is 3. The van der Waals surface area contributed by atoms with Crippen molar-refractivity contribution in [3.63, 3.8) is 0 Å². The van der Waals surface area contributed by atoms with Gasteiger partial charge in [0.2, 0.25) is 0 Å². The van der Waals surface area contributed by atoms with Gasteiger partial charge in [0.15, 0.2) is 0 Å². The van der Waals surface area contributed by atoms with Crippen LogP contribution in [0.15, 0.2) is 54.6 Å². The lowest BCUT2D eigenvalue weighted by Crippen LogP contribution is -2.24. The predicted octanol–water partition coefficient (Wildman–Crippen LogP) is 4.03. The Morgan fingerprint density at radius 1 is 1.15 bits per heavy atom. The van der Waals surface area contributed by atoms with Crippen molar-refractivity contribution >= 4 is 5.91 Å². The van der Waals surface area contributed by atoms with Crippen LogP contribution in [0.5, 0.6) is 5.75 Å². The summed E-state index contributed by atoms with van der Waals surface area (Å²) in [7, 11) is 1.54. The van der Waals surface area contributed by atoms with Gasteiger partial charge in [0.05, 0.1) is 18.4 Å². The van der Waals surface area contributed by atoms with Crippen LogP contribution in [0.4, 0.5) is 13.2 Å². The number of carbonyl (C=O) groups excluding carboxylic acids is 1. The fraction of sp³-hybridized carbons (Fsp3) is 0.158. The van der Waals surface area contributed by atoms with Gasteiger partial charge in [0.25, 0.3) is 5.91 Å². The van der Waals surface area contributed by atoms with Crippen LogP contribution in [0.25, 0.3) is 11.3 Å². The molecule has 2 N–H and O–H groups in total. The summed E-state index contributed by atoms with van der Waals surface area (Å²) < 4.78 is 44.2. The van der Waals surface area contributed by atoms with Gasteiger partial charge in [-0.1, -0.05) is 30.3 Å². The van der Waals surface area contributed by atoms with Crippen molar-refractivity contribution < 1.29 is 22.7 Å². The summed E-state index contributed by atoms with van der Waals surface area (Å²) in [6, 6.07) is 13.8. The number of aromatic amines is 1. The molecule has 0 saturated heterocycles. The Kier molecular flexibility index (Phi) is 5.16. The average molecular weight is 375 g/mol. The van der Waals surface area contributed by atoms with Crippen molar-refractivity contribution in [2.24, 2.45) is 0 Å². The molecule has 140 valence electrons. The third-order valence-electron chi connectivity index (χ3n) is 3.95. The highest BCUT2D eigenvalue weighted by Crippen LogP contribution is 2.31. The maximum Gasteiger partial charge on any atom is 0.416 e. The Bertz CT molecular complexity index is 951. The largest absolute Gasteiger partial charge is 0.497 e. The first-order valence-corrected chi connectivity index (χ1v) is 8.01. The molecule has 27 heavy (non-hydrogen) atoms. The number of H-pyrrole nitrogens is 1. The third-order valence-corrected chi connectivity index (χ3v) is 3.95. The normalized spacial score (nSPS) is 11.3. The zero-order chi connectivity index (χ0) is 19.4. The summed E-state index contributed by atoms with van der Waals surface area (Å²) in [6.45, 7) is -0.248. The molecule has 0 bridgehead atoms. The van der Waals surface area contributed by atoms with Gasteiger partial charge in [-0.05, 0) is 29.8 Å². The highest BCUT2D eigenvalue weighted by atomic mass is 19.4. The fourth-order valence-electron chi connectivity index (χ4n) is 2.59. The number of carbonyl (C=O) groups is 1. The summed E-state index contributed by atoms with van der Waals surface area (Å²) in [6.07, 6.45) is -4.48. The van der Waals surface area contributed by atoms with Crippen LogP contribution in [0, 0.1) is 0 Å². The number of amides is 1. The molecule has 0 fully saturated rings. The van der Waals surface area contributed by atoms with Crippen molar-refractivity contribution in [2.75, 3.05) is 7.11 Å². The molecular formula is C19H16F3N3O2. The van der Waals surface area contributed by atoms with Crippen molar-refractivity contribution in [1.82, 2.24) is 15.5 Å². The molecule has 0 unspecified atom stereocenters. The van der Waals surface area contributed by atoms with E-state index in [4.69, 9.17) is 4.74 Å². The smallest absolute Gasteiger partial charge is 0.416 e. The molecule has 0 aliphatic rings. The number of rotatable bonds is 5. The Morgan fingerprint density at radius 3 is 2.67 bits per heavy atom. The quantitative estimate of drug-likeness (QED) is 0.707. The molecule has 2 aromatic carbocycles. The first-order valence-electron chi connectivity index (χ1n) is 8.01. The standard InChI is InChI=1S/C19H16F3N3O2/c1-27-14-7-4-6-12(9-14)16-10-17(25-24-16)18(26)23-11-13-5-2-3-8-15(13)19(20,21)22/h2-10H,11H2,1H3,(H,23,26)(H,24,25). The highest BCUT2D eigenvalue weighted by Gasteiger charge is 2.32. The number of nitrogens with one attached hydrogen (secondary N) is 2. The third kappa shape index (κ3) is 4.28. The van der Waals surface area contributed by atoms with E-state index in [0.29, 0.717) is 11.4 Å². The number of methoxy groups -OCH3 is 1. The second-order valence-electron chi connectivity index (χ2n) is 5.74. The maximum absolute atomic E-state index is 13.0. The molecule has 0 spiro atoms. The molecule has 1 amide bonds. The van der Waals surface area contributed by atoms with Gasteiger partial charge in [-0.2, -0.15) is 18.3 Å². The molecule has 3 aromatic rings. The van der Waals surface area contributed by atoms with E-state index in [-0.39, 0.29) is 17.8 Å². The minimum absolute atomic E-state index is 0.00844. The van der Waals surface area contributed by atoms with E-state index in [2.05, 4.69) is 15.5 Å². The topological polar surface area (TPSA) is 67.0 Å². The van der Waals surface area contributed by atoms with Gasteiger partial charge < -0.3 is 10.1 Å².